The molecular formula is C20H18N2O5S. The van der Waals surface area contributed by atoms with Crippen LogP contribution in [0.15, 0.2) is 53.9 Å². The summed E-state index contributed by atoms with van der Waals surface area (Å²) in [6.45, 7) is -0.394. The highest BCUT2D eigenvalue weighted by Gasteiger charge is 2.14. The largest absolute Gasteiger partial charge is 0.497 e. The number of nitrogens with one attached hydrogen (secondary N) is 1. The molecule has 0 radical (unpaired) electrons. The number of esters is 1. The Labute approximate surface area is 165 Å². The van der Waals surface area contributed by atoms with Crippen molar-refractivity contribution in [3.05, 3.63) is 59.5 Å². The van der Waals surface area contributed by atoms with Crippen LogP contribution in [0.2, 0.25) is 0 Å². The molecule has 0 atom stereocenters. The van der Waals surface area contributed by atoms with Gasteiger partial charge in [-0.15, -0.1) is 11.3 Å². The number of benzene rings is 2. The van der Waals surface area contributed by atoms with E-state index in [2.05, 4.69) is 10.3 Å². The maximum Gasteiger partial charge on any atom is 0.338 e. The van der Waals surface area contributed by atoms with Crippen molar-refractivity contribution in [2.75, 3.05) is 26.1 Å². The van der Waals surface area contributed by atoms with Gasteiger partial charge in [-0.3, -0.25) is 10.1 Å². The number of carbonyl (C=O) groups excluding carboxylic acids is 2. The molecule has 0 bridgehead atoms. The van der Waals surface area contributed by atoms with Gasteiger partial charge < -0.3 is 14.2 Å². The van der Waals surface area contributed by atoms with Crippen LogP contribution in [-0.2, 0) is 9.53 Å². The van der Waals surface area contributed by atoms with Crippen LogP contribution in [0, 0.1) is 0 Å². The lowest BCUT2D eigenvalue weighted by molar-refractivity contribution is -0.119. The average Bonchev–Trinajstić information content (AvgIpc) is 3.20. The number of carbonyl (C=O) groups is 2. The molecule has 2 aromatic carbocycles. The molecule has 0 fully saturated rings. The zero-order chi connectivity index (χ0) is 19.9. The first-order chi connectivity index (χ1) is 13.6. The molecule has 7 nitrogen and oxygen atoms in total. The minimum atomic E-state index is -0.557. The third-order valence-electron chi connectivity index (χ3n) is 3.78. The van der Waals surface area contributed by atoms with E-state index in [4.69, 9.17) is 14.2 Å². The number of nitrogens with zero attached hydrogens (tertiary/aromatic N) is 1. The fourth-order valence-electron chi connectivity index (χ4n) is 2.41. The zero-order valence-electron chi connectivity index (χ0n) is 15.3. The van der Waals surface area contributed by atoms with Gasteiger partial charge in [-0.25, -0.2) is 9.78 Å². The van der Waals surface area contributed by atoms with Crippen LogP contribution in [-0.4, -0.2) is 37.7 Å². The number of thiazole rings is 1. The van der Waals surface area contributed by atoms with Crippen molar-refractivity contribution in [3.8, 4) is 22.8 Å². The Morgan fingerprint density at radius 1 is 1.07 bits per heavy atom. The van der Waals surface area contributed by atoms with E-state index in [-0.39, 0.29) is 0 Å². The monoisotopic (exact) mass is 398 g/mol. The number of amides is 1. The maximum absolute atomic E-state index is 12.0. The van der Waals surface area contributed by atoms with Crippen LogP contribution in [0.1, 0.15) is 10.4 Å². The molecule has 0 saturated carbocycles. The third-order valence-corrected chi connectivity index (χ3v) is 4.54. The number of hydrogen-bond donors (Lipinski definition) is 1. The summed E-state index contributed by atoms with van der Waals surface area (Å²) in [6, 6.07) is 13.9. The molecule has 1 N–H and O–H groups in total. The molecule has 1 amide bonds. The molecule has 0 spiro atoms. The molecule has 0 aliphatic rings. The highest BCUT2D eigenvalue weighted by molar-refractivity contribution is 7.14. The Morgan fingerprint density at radius 2 is 1.86 bits per heavy atom. The number of hydrogen-bond acceptors (Lipinski definition) is 7. The van der Waals surface area contributed by atoms with Gasteiger partial charge in [0.2, 0.25) is 0 Å². The van der Waals surface area contributed by atoms with Gasteiger partial charge in [-0.2, -0.15) is 0 Å². The normalized spacial score (nSPS) is 10.2. The van der Waals surface area contributed by atoms with Crippen molar-refractivity contribution in [2.24, 2.45) is 0 Å². The summed E-state index contributed by atoms with van der Waals surface area (Å²) in [5, 5.41) is 4.82. The first-order valence-electron chi connectivity index (χ1n) is 8.30. The van der Waals surface area contributed by atoms with Crippen LogP contribution in [0.5, 0.6) is 11.5 Å². The highest BCUT2D eigenvalue weighted by atomic mass is 32.1. The maximum atomic E-state index is 12.0. The van der Waals surface area contributed by atoms with E-state index in [1.807, 2.05) is 6.07 Å². The van der Waals surface area contributed by atoms with Crippen LogP contribution < -0.4 is 14.8 Å². The Hall–Kier alpha value is -3.39. The molecule has 3 aromatic rings. The Kier molecular flexibility index (Phi) is 6.23. The van der Waals surface area contributed by atoms with Gasteiger partial charge in [0.25, 0.3) is 5.91 Å². The summed E-state index contributed by atoms with van der Waals surface area (Å²) in [6.07, 6.45) is 0. The molecule has 1 aromatic heterocycles. The Balaban J connectivity index is 1.61. The van der Waals surface area contributed by atoms with E-state index in [1.165, 1.54) is 11.3 Å². The lowest BCUT2D eigenvalue weighted by Gasteiger charge is -2.08. The second-order valence-corrected chi connectivity index (χ2v) is 6.45. The summed E-state index contributed by atoms with van der Waals surface area (Å²) >= 11 is 1.26. The fraction of sp³-hybridized carbons (Fsp3) is 0.150. The summed E-state index contributed by atoms with van der Waals surface area (Å²) in [4.78, 5) is 28.3. The minimum absolute atomic E-state index is 0.387. The fourth-order valence-corrected chi connectivity index (χ4v) is 3.14. The number of rotatable bonds is 7. The number of aromatic nitrogens is 1. The standard InChI is InChI=1S/C20H18N2O5S/c1-25-14-8-9-15(17(10-14)26-2)16-12-28-20(21-16)22-18(23)11-27-19(24)13-6-4-3-5-7-13/h3-10,12H,11H2,1-2H3,(H,21,22,23). The summed E-state index contributed by atoms with van der Waals surface area (Å²) in [7, 11) is 3.14. The quantitative estimate of drug-likeness (QED) is 0.612. The smallest absolute Gasteiger partial charge is 0.338 e. The molecule has 3 rings (SSSR count). The first-order valence-corrected chi connectivity index (χ1v) is 9.18. The van der Waals surface area contributed by atoms with Crippen molar-refractivity contribution in [2.45, 2.75) is 0 Å². The van der Waals surface area contributed by atoms with E-state index in [0.29, 0.717) is 27.9 Å². The van der Waals surface area contributed by atoms with Gasteiger partial charge in [0.05, 0.1) is 25.5 Å². The molecule has 0 aliphatic carbocycles. The Morgan fingerprint density at radius 3 is 2.57 bits per heavy atom. The number of anilines is 1. The van der Waals surface area contributed by atoms with Gasteiger partial charge in [0.1, 0.15) is 11.5 Å². The molecule has 0 saturated heterocycles. The van der Waals surface area contributed by atoms with Crippen molar-refractivity contribution < 1.29 is 23.8 Å². The second-order valence-electron chi connectivity index (χ2n) is 5.59. The average molecular weight is 398 g/mol. The van der Waals surface area contributed by atoms with Crippen LogP contribution in [0.4, 0.5) is 5.13 Å². The van der Waals surface area contributed by atoms with Gasteiger partial charge >= 0.3 is 5.97 Å². The predicted molar refractivity (Wildman–Crippen MR) is 106 cm³/mol. The molecule has 1 heterocycles. The highest BCUT2D eigenvalue weighted by Crippen LogP contribution is 2.34. The van der Waals surface area contributed by atoms with Gasteiger partial charge in [0, 0.05) is 17.0 Å². The SMILES string of the molecule is COc1ccc(-c2csc(NC(=O)COC(=O)c3ccccc3)n2)c(OC)c1. The molecule has 8 heteroatoms. The molecular weight excluding hydrogens is 380 g/mol. The third kappa shape index (κ3) is 4.66. The zero-order valence-corrected chi connectivity index (χ0v) is 16.1. The minimum Gasteiger partial charge on any atom is -0.497 e. The molecule has 0 aliphatic heterocycles. The second kappa shape index (κ2) is 9.01. The predicted octanol–water partition coefficient (Wildman–Crippen LogP) is 3.62. The number of ether oxygens (including phenoxy) is 3. The van der Waals surface area contributed by atoms with Crippen LogP contribution in [0.25, 0.3) is 11.3 Å². The van der Waals surface area contributed by atoms with Gasteiger partial charge in [-0.05, 0) is 24.3 Å². The lowest BCUT2D eigenvalue weighted by Crippen LogP contribution is -2.20. The van der Waals surface area contributed by atoms with Crippen LogP contribution in [0.3, 0.4) is 0 Å². The van der Waals surface area contributed by atoms with E-state index in [9.17, 15) is 9.59 Å². The molecule has 144 valence electrons. The summed E-state index contributed by atoms with van der Waals surface area (Å²) in [5.74, 6) is 0.259. The lowest BCUT2D eigenvalue weighted by atomic mass is 10.1. The van der Waals surface area contributed by atoms with E-state index in [1.54, 1.807) is 62.1 Å². The summed E-state index contributed by atoms with van der Waals surface area (Å²) < 4.78 is 15.6. The van der Waals surface area contributed by atoms with Crippen molar-refractivity contribution >= 4 is 28.3 Å². The van der Waals surface area contributed by atoms with Gasteiger partial charge in [0.15, 0.2) is 11.7 Å². The topological polar surface area (TPSA) is 86.8 Å². The Bertz CT molecular complexity index is 972. The van der Waals surface area contributed by atoms with Crippen LogP contribution >= 0.6 is 11.3 Å². The van der Waals surface area contributed by atoms with E-state index < -0.39 is 18.5 Å². The summed E-state index contributed by atoms with van der Waals surface area (Å²) in [5.41, 5.74) is 1.81. The molecule has 28 heavy (non-hydrogen) atoms. The van der Waals surface area contributed by atoms with Gasteiger partial charge in [-0.1, -0.05) is 18.2 Å². The van der Waals surface area contributed by atoms with E-state index >= 15 is 0 Å². The van der Waals surface area contributed by atoms with Crippen molar-refractivity contribution in [1.29, 1.82) is 0 Å². The number of methoxy groups -OCH3 is 2. The first kappa shape index (κ1) is 19.4. The van der Waals surface area contributed by atoms with Crippen molar-refractivity contribution in [1.82, 2.24) is 4.98 Å². The van der Waals surface area contributed by atoms with E-state index in [0.717, 1.165) is 5.56 Å². The van der Waals surface area contributed by atoms with Crippen molar-refractivity contribution in [3.63, 3.8) is 0 Å². The molecule has 0 unspecified atom stereocenters.